The molecule has 152 valence electrons. The van der Waals surface area contributed by atoms with Crippen molar-refractivity contribution in [3.63, 3.8) is 0 Å². The van der Waals surface area contributed by atoms with Gasteiger partial charge in [0.15, 0.2) is 0 Å². The van der Waals surface area contributed by atoms with Crippen molar-refractivity contribution in [2.45, 2.75) is 12.3 Å². The van der Waals surface area contributed by atoms with Gasteiger partial charge in [0.1, 0.15) is 23.1 Å². The second kappa shape index (κ2) is 8.12. The summed E-state index contributed by atoms with van der Waals surface area (Å²) in [5, 5.41) is 12.6. The van der Waals surface area contributed by atoms with Crippen molar-refractivity contribution >= 4 is 28.9 Å². The molecule has 1 amide bonds. The standard InChI is InChI=1S/C23H18FNO4S/c1-2-10-29-17-9-4-3-8-15(17)16-12-18(26)25-20-19(13-6-5-7-14(24)11-13)22(23(27)28)30-21(16)20/h2-9,11,16H,1,10,12H2,(H,25,26)(H,27,28). The first-order chi connectivity index (χ1) is 14.5. The number of nitrogens with one attached hydrogen (secondary N) is 1. The molecule has 5 nitrogen and oxygen atoms in total. The number of carbonyl (C=O) groups excluding carboxylic acids is 1. The van der Waals surface area contributed by atoms with Crippen LogP contribution < -0.4 is 10.1 Å². The number of anilines is 1. The third kappa shape index (κ3) is 3.59. The van der Waals surface area contributed by atoms with E-state index < -0.39 is 11.8 Å². The molecule has 0 fully saturated rings. The number of carboxylic acid groups (broad SMARTS) is 1. The van der Waals surface area contributed by atoms with Crippen LogP contribution in [-0.4, -0.2) is 23.6 Å². The highest BCUT2D eigenvalue weighted by atomic mass is 32.1. The smallest absolute Gasteiger partial charge is 0.346 e. The average molecular weight is 423 g/mol. The van der Waals surface area contributed by atoms with Crippen LogP contribution in [0, 0.1) is 5.82 Å². The van der Waals surface area contributed by atoms with E-state index in [2.05, 4.69) is 11.9 Å². The van der Waals surface area contributed by atoms with E-state index >= 15 is 0 Å². The Bertz CT molecular complexity index is 1150. The summed E-state index contributed by atoms with van der Waals surface area (Å²) in [5.74, 6) is -1.61. The normalized spacial score (nSPS) is 15.2. The summed E-state index contributed by atoms with van der Waals surface area (Å²) in [6.45, 7) is 3.97. The maximum Gasteiger partial charge on any atom is 0.346 e. The van der Waals surface area contributed by atoms with Crippen LogP contribution in [0.25, 0.3) is 11.1 Å². The van der Waals surface area contributed by atoms with Crippen LogP contribution in [-0.2, 0) is 4.79 Å². The number of aromatic carboxylic acids is 1. The van der Waals surface area contributed by atoms with Gasteiger partial charge in [-0.3, -0.25) is 4.79 Å². The number of fused-ring (bicyclic) bond motifs is 1. The Morgan fingerprint density at radius 3 is 2.83 bits per heavy atom. The van der Waals surface area contributed by atoms with Crippen LogP contribution in [0.3, 0.4) is 0 Å². The number of benzene rings is 2. The number of carbonyl (C=O) groups is 2. The van der Waals surface area contributed by atoms with Crippen LogP contribution in [0.5, 0.6) is 5.75 Å². The van der Waals surface area contributed by atoms with Crippen molar-refractivity contribution in [2.75, 3.05) is 11.9 Å². The van der Waals surface area contributed by atoms with Crippen LogP contribution in [0.15, 0.2) is 61.2 Å². The number of ether oxygens (including phenoxy) is 1. The van der Waals surface area contributed by atoms with Gasteiger partial charge in [-0.05, 0) is 23.8 Å². The van der Waals surface area contributed by atoms with Crippen molar-refractivity contribution in [3.8, 4) is 16.9 Å². The number of rotatable bonds is 6. The Hall–Kier alpha value is -3.45. The van der Waals surface area contributed by atoms with Gasteiger partial charge in [0.2, 0.25) is 5.91 Å². The van der Waals surface area contributed by atoms with Gasteiger partial charge in [-0.2, -0.15) is 0 Å². The molecule has 1 aliphatic heterocycles. The number of carboxylic acids is 1. The monoisotopic (exact) mass is 423 g/mol. The van der Waals surface area contributed by atoms with Gasteiger partial charge in [-0.25, -0.2) is 9.18 Å². The van der Waals surface area contributed by atoms with E-state index in [0.29, 0.717) is 34.0 Å². The predicted molar refractivity (Wildman–Crippen MR) is 114 cm³/mol. The van der Waals surface area contributed by atoms with E-state index in [0.717, 1.165) is 16.9 Å². The minimum atomic E-state index is -1.13. The lowest BCUT2D eigenvalue weighted by atomic mass is 9.88. The Morgan fingerprint density at radius 1 is 1.30 bits per heavy atom. The second-order valence-electron chi connectivity index (χ2n) is 6.80. The lowest BCUT2D eigenvalue weighted by Gasteiger charge is -2.25. The lowest BCUT2D eigenvalue weighted by Crippen LogP contribution is -2.23. The summed E-state index contributed by atoms with van der Waals surface area (Å²) in [4.78, 5) is 25.3. The molecule has 4 rings (SSSR count). The predicted octanol–water partition coefficient (Wildman–Crippen LogP) is 5.29. The molecule has 0 saturated carbocycles. The molecular weight excluding hydrogens is 405 g/mol. The molecule has 0 bridgehead atoms. The summed E-state index contributed by atoms with van der Waals surface area (Å²) in [5.41, 5.74) is 1.94. The molecule has 1 aromatic heterocycles. The molecule has 1 unspecified atom stereocenters. The summed E-state index contributed by atoms with van der Waals surface area (Å²) in [7, 11) is 0. The van der Waals surface area contributed by atoms with E-state index in [1.807, 2.05) is 24.3 Å². The van der Waals surface area contributed by atoms with Gasteiger partial charge in [0.05, 0.1) is 5.69 Å². The fraction of sp³-hybridized carbons (Fsp3) is 0.130. The van der Waals surface area contributed by atoms with Crippen LogP contribution in [0.1, 0.15) is 32.5 Å². The molecule has 30 heavy (non-hydrogen) atoms. The quantitative estimate of drug-likeness (QED) is 0.528. The fourth-order valence-corrected chi connectivity index (χ4v) is 4.89. The Labute approximate surface area is 176 Å². The molecule has 3 aromatic rings. The summed E-state index contributed by atoms with van der Waals surface area (Å²) in [6.07, 6.45) is 1.79. The maximum atomic E-state index is 13.9. The van der Waals surface area contributed by atoms with Crippen molar-refractivity contribution in [1.82, 2.24) is 0 Å². The molecular formula is C23H18FNO4S. The average Bonchev–Trinajstić information content (AvgIpc) is 3.11. The first kappa shape index (κ1) is 19.8. The van der Waals surface area contributed by atoms with Gasteiger partial charge in [0, 0.05) is 28.3 Å². The number of thiophene rings is 1. The summed E-state index contributed by atoms with van der Waals surface area (Å²) in [6, 6.07) is 13.1. The zero-order valence-electron chi connectivity index (χ0n) is 15.9. The zero-order chi connectivity index (χ0) is 21.3. The van der Waals surface area contributed by atoms with Gasteiger partial charge < -0.3 is 15.2 Å². The third-order valence-corrected chi connectivity index (χ3v) is 6.16. The Balaban J connectivity index is 1.91. The van der Waals surface area contributed by atoms with Crippen LogP contribution in [0.4, 0.5) is 10.1 Å². The van der Waals surface area contributed by atoms with Gasteiger partial charge in [-0.1, -0.05) is 43.0 Å². The Morgan fingerprint density at radius 2 is 2.10 bits per heavy atom. The number of amides is 1. The largest absolute Gasteiger partial charge is 0.489 e. The number of hydrogen-bond acceptors (Lipinski definition) is 4. The van der Waals surface area contributed by atoms with E-state index in [4.69, 9.17) is 4.74 Å². The number of halogens is 1. The summed E-state index contributed by atoms with van der Waals surface area (Å²) < 4.78 is 19.6. The number of para-hydroxylation sites is 1. The molecule has 2 aromatic carbocycles. The first-order valence-corrected chi connectivity index (χ1v) is 10.1. The van der Waals surface area contributed by atoms with Gasteiger partial charge >= 0.3 is 5.97 Å². The van der Waals surface area contributed by atoms with Crippen molar-refractivity contribution in [2.24, 2.45) is 0 Å². The highest BCUT2D eigenvalue weighted by Gasteiger charge is 2.35. The molecule has 0 saturated heterocycles. The molecule has 2 N–H and O–H groups in total. The molecule has 0 spiro atoms. The van der Waals surface area contributed by atoms with E-state index in [9.17, 15) is 19.1 Å². The molecule has 2 heterocycles. The molecule has 7 heteroatoms. The second-order valence-corrected chi connectivity index (χ2v) is 7.86. The minimum absolute atomic E-state index is 0.0577. The zero-order valence-corrected chi connectivity index (χ0v) is 16.7. The third-order valence-electron chi connectivity index (χ3n) is 4.86. The lowest BCUT2D eigenvalue weighted by molar-refractivity contribution is -0.116. The first-order valence-electron chi connectivity index (χ1n) is 9.28. The van der Waals surface area contributed by atoms with Gasteiger partial charge in [-0.15, -0.1) is 11.3 Å². The van der Waals surface area contributed by atoms with Crippen molar-refractivity contribution < 1.29 is 23.8 Å². The van der Waals surface area contributed by atoms with Crippen LogP contribution in [0.2, 0.25) is 0 Å². The van der Waals surface area contributed by atoms with E-state index in [1.54, 1.807) is 12.1 Å². The number of hydrogen-bond donors (Lipinski definition) is 2. The van der Waals surface area contributed by atoms with E-state index in [-0.39, 0.29) is 23.1 Å². The van der Waals surface area contributed by atoms with Crippen molar-refractivity contribution in [3.05, 3.63) is 82.3 Å². The van der Waals surface area contributed by atoms with Gasteiger partial charge in [0.25, 0.3) is 0 Å². The van der Waals surface area contributed by atoms with Crippen LogP contribution >= 0.6 is 11.3 Å². The SMILES string of the molecule is C=CCOc1ccccc1C1CC(=O)Nc2c1sc(C(=O)O)c2-c1cccc(F)c1. The fourth-order valence-electron chi connectivity index (χ4n) is 3.66. The van der Waals surface area contributed by atoms with E-state index in [1.165, 1.54) is 18.2 Å². The Kier molecular flexibility index (Phi) is 5.37. The minimum Gasteiger partial charge on any atom is -0.489 e. The maximum absolute atomic E-state index is 13.9. The molecule has 1 atom stereocenters. The molecule has 0 aliphatic carbocycles. The molecule has 0 radical (unpaired) electrons. The topological polar surface area (TPSA) is 75.6 Å². The molecule has 1 aliphatic rings. The summed E-state index contributed by atoms with van der Waals surface area (Å²) >= 11 is 1.10. The van der Waals surface area contributed by atoms with Crippen molar-refractivity contribution in [1.29, 1.82) is 0 Å². The highest BCUT2D eigenvalue weighted by molar-refractivity contribution is 7.15. The highest BCUT2D eigenvalue weighted by Crippen LogP contribution is 2.50.